The van der Waals surface area contributed by atoms with Gasteiger partial charge in [-0.1, -0.05) is 13.3 Å². The zero-order chi connectivity index (χ0) is 17.2. The van der Waals surface area contributed by atoms with Gasteiger partial charge >= 0.3 is 6.03 Å². The molecule has 2 amide bonds. The molecule has 1 aliphatic rings. The van der Waals surface area contributed by atoms with E-state index in [0.29, 0.717) is 13.0 Å². The second-order valence-corrected chi connectivity index (χ2v) is 6.91. The summed E-state index contributed by atoms with van der Waals surface area (Å²) in [5.74, 6) is -0.267. The SMILES string of the molecule is CC1(CO)CCCC1NC(=O)NCCc1c[nH]c2cc(F)ccc12. The normalized spacial score (nSPS) is 23.5. The highest BCUT2D eigenvalue weighted by atomic mass is 19.1. The number of hydrogen-bond donors (Lipinski definition) is 4. The lowest BCUT2D eigenvalue weighted by atomic mass is 9.86. The summed E-state index contributed by atoms with van der Waals surface area (Å²) < 4.78 is 13.2. The van der Waals surface area contributed by atoms with Gasteiger partial charge in [0.05, 0.1) is 6.61 Å². The molecule has 2 atom stereocenters. The molecular formula is C18H24FN3O2. The molecular weight excluding hydrogens is 309 g/mol. The minimum absolute atomic E-state index is 0.0126. The van der Waals surface area contributed by atoms with Gasteiger partial charge in [0.15, 0.2) is 0 Å². The van der Waals surface area contributed by atoms with Gasteiger partial charge in [0.2, 0.25) is 0 Å². The molecule has 2 aromatic rings. The summed E-state index contributed by atoms with van der Waals surface area (Å²) in [7, 11) is 0. The van der Waals surface area contributed by atoms with Gasteiger partial charge in [-0.05, 0) is 43.0 Å². The molecule has 0 bridgehead atoms. The average Bonchev–Trinajstić information content (AvgIpc) is 3.12. The molecule has 0 aliphatic heterocycles. The molecule has 1 fully saturated rings. The van der Waals surface area contributed by atoms with E-state index in [2.05, 4.69) is 15.6 Å². The summed E-state index contributed by atoms with van der Waals surface area (Å²) >= 11 is 0. The third-order valence-corrected chi connectivity index (χ3v) is 5.16. The van der Waals surface area contributed by atoms with E-state index < -0.39 is 0 Å². The Bertz CT molecular complexity index is 730. The van der Waals surface area contributed by atoms with Gasteiger partial charge < -0.3 is 20.7 Å². The Morgan fingerprint density at radius 2 is 2.33 bits per heavy atom. The highest BCUT2D eigenvalue weighted by Crippen LogP contribution is 2.37. The summed E-state index contributed by atoms with van der Waals surface area (Å²) in [6.07, 6.45) is 5.37. The van der Waals surface area contributed by atoms with Gasteiger partial charge in [-0.25, -0.2) is 9.18 Å². The van der Waals surface area contributed by atoms with Crippen LogP contribution in [0.3, 0.4) is 0 Å². The summed E-state index contributed by atoms with van der Waals surface area (Å²) in [6.45, 7) is 2.60. The van der Waals surface area contributed by atoms with Crippen LogP contribution in [0.5, 0.6) is 0 Å². The number of aliphatic hydroxyl groups is 1. The van der Waals surface area contributed by atoms with Crippen molar-refractivity contribution in [1.29, 1.82) is 0 Å². The Morgan fingerprint density at radius 3 is 3.12 bits per heavy atom. The second kappa shape index (κ2) is 6.81. The molecule has 0 radical (unpaired) electrons. The Hall–Kier alpha value is -2.08. The monoisotopic (exact) mass is 333 g/mol. The Kier molecular flexibility index (Phi) is 4.76. The van der Waals surface area contributed by atoms with Crippen LogP contribution in [-0.4, -0.2) is 35.3 Å². The summed E-state index contributed by atoms with van der Waals surface area (Å²) in [5, 5.41) is 16.3. The molecule has 1 aromatic heterocycles. The third kappa shape index (κ3) is 3.38. The number of hydrogen-bond acceptors (Lipinski definition) is 2. The number of rotatable bonds is 5. The molecule has 4 N–H and O–H groups in total. The summed E-state index contributed by atoms with van der Waals surface area (Å²) in [6, 6.07) is 4.47. The number of nitrogens with one attached hydrogen (secondary N) is 3. The molecule has 1 saturated carbocycles. The lowest BCUT2D eigenvalue weighted by Gasteiger charge is -2.30. The zero-order valence-electron chi connectivity index (χ0n) is 13.9. The van der Waals surface area contributed by atoms with Gasteiger partial charge in [0.25, 0.3) is 0 Å². The van der Waals surface area contributed by atoms with Crippen LogP contribution in [0.15, 0.2) is 24.4 Å². The van der Waals surface area contributed by atoms with Gasteiger partial charge in [0, 0.05) is 35.1 Å². The van der Waals surface area contributed by atoms with Crippen molar-refractivity contribution in [1.82, 2.24) is 15.6 Å². The first-order chi connectivity index (χ1) is 11.5. The number of fused-ring (bicyclic) bond motifs is 1. The highest BCUT2D eigenvalue weighted by Gasteiger charge is 2.39. The Balaban J connectivity index is 1.51. The maximum atomic E-state index is 13.2. The zero-order valence-corrected chi connectivity index (χ0v) is 13.9. The fourth-order valence-corrected chi connectivity index (χ4v) is 3.55. The van der Waals surface area contributed by atoms with Crippen LogP contribution in [0, 0.1) is 11.2 Å². The van der Waals surface area contributed by atoms with Gasteiger partial charge in [0.1, 0.15) is 5.82 Å². The number of benzene rings is 1. The molecule has 0 saturated heterocycles. The van der Waals surface area contributed by atoms with Crippen LogP contribution in [0.2, 0.25) is 0 Å². The standard InChI is InChI=1S/C18H24FN3O2/c1-18(11-23)7-2-3-16(18)22-17(24)20-8-6-12-10-21-15-9-13(19)4-5-14(12)15/h4-5,9-10,16,21,23H,2-3,6-8,11H2,1H3,(H2,20,22,24). The lowest BCUT2D eigenvalue weighted by Crippen LogP contribution is -2.48. The molecule has 3 rings (SSSR count). The van der Waals surface area contributed by atoms with Crippen LogP contribution >= 0.6 is 0 Å². The number of aliphatic hydroxyl groups excluding tert-OH is 1. The number of halogens is 1. The van der Waals surface area contributed by atoms with Crippen LogP contribution in [0.4, 0.5) is 9.18 Å². The highest BCUT2D eigenvalue weighted by molar-refractivity contribution is 5.83. The number of carbonyl (C=O) groups excluding carboxylic acids is 1. The van der Waals surface area contributed by atoms with Crippen molar-refractivity contribution in [3.8, 4) is 0 Å². The second-order valence-electron chi connectivity index (χ2n) is 6.91. The number of carbonyl (C=O) groups is 1. The predicted molar refractivity (Wildman–Crippen MR) is 91.3 cm³/mol. The van der Waals surface area contributed by atoms with Gasteiger partial charge in [-0.3, -0.25) is 0 Å². The molecule has 5 nitrogen and oxygen atoms in total. The van der Waals surface area contributed by atoms with Crippen molar-refractivity contribution in [3.63, 3.8) is 0 Å². The van der Waals surface area contributed by atoms with Gasteiger partial charge in [-0.2, -0.15) is 0 Å². The fraction of sp³-hybridized carbons (Fsp3) is 0.500. The number of H-pyrrole nitrogens is 1. The number of urea groups is 1. The van der Waals surface area contributed by atoms with E-state index in [4.69, 9.17) is 0 Å². The Labute approximate surface area is 140 Å². The molecule has 1 heterocycles. The first kappa shape index (κ1) is 16.8. The van der Waals surface area contributed by atoms with E-state index in [1.807, 2.05) is 13.1 Å². The largest absolute Gasteiger partial charge is 0.396 e. The minimum Gasteiger partial charge on any atom is -0.396 e. The van der Waals surface area contributed by atoms with E-state index in [1.54, 1.807) is 6.07 Å². The van der Waals surface area contributed by atoms with Crippen molar-refractivity contribution in [2.45, 2.75) is 38.6 Å². The van der Waals surface area contributed by atoms with Crippen molar-refractivity contribution < 1.29 is 14.3 Å². The quantitative estimate of drug-likeness (QED) is 0.679. The number of amides is 2. The average molecular weight is 333 g/mol. The third-order valence-electron chi connectivity index (χ3n) is 5.16. The maximum Gasteiger partial charge on any atom is 0.315 e. The molecule has 1 aliphatic carbocycles. The first-order valence-corrected chi connectivity index (χ1v) is 8.42. The van der Waals surface area contributed by atoms with Crippen LogP contribution in [-0.2, 0) is 6.42 Å². The molecule has 24 heavy (non-hydrogen) atoms. The maximum absolute atomic E-state index is 13.2. The molecule has 6 heteroatoms. The number of aromatic nitrogens is 1. The molecule has 130 valence electrons. The molecule has 2 unspecified atom stereocenters. The van der Waals surface area contributed by atoms with Crippen LogP contribution < -0.4 is 10.6 Å². The van der Waals surface area contributed by atoms with E-state index in [1.165, 1.54) is 12.1 Å². The summed E-state index contributed by atoms with van der Waals surface area (Å²) in [4.78, 5) is 15.1. The van der Waals surface area contributed by atoms with E-state index in [9.17, 15) is 14.3 Å². The topological polar surface area (TPSA) is 77.2 Å². The minimum atomic E-state index is -0.267. The van der Waals surface area contributed by atoms with E-state index in [-0.39, 0.29) is 29.9 Å². The molecule has 1 aromatic carbocycles. The van der Waals surface area contributed by atoms with Crippen molar-refractivity contribution >= 4 is 16.9 Å². The van der Waals surface area contributed by atoms with Gasteiger partial charge in [-0.15, -0.1) is 0 Å². The fourth-order valence-electron chi connectivity index (χ4n) is 3.55. The number of aromatic amines is 1. The first-order valence-electron chi connectivity index (χ1n) is 8.42. The Morgan fingerprint density at radius 1 is 1.50 bits per heavy atom. The lowest BCUT2D eigenvalue weighted by molar-refractivity contribution is 0.121. The summed E-state index contributed by atoms with van der Waals surface area (Å²) in [5.41, 5.74) is 1.59. The van der Waals surface area contributed by atoms with Crippen molar-refractivity contribution in [2.24, 2.45) is 5.41 Å². The van der Waals surface area contributed by atoms with E-state index in [0.717, 1.165) is 35.7 Å². The van der Waals surface area contributed by atoms with Crippen LogP contribution in [0.1, 0.15) is 31.7 Å². The van der Waals surface area contributed by atoms with Crippen LogP contribution in [0.25, 0.3) is 10.9 Å². The predicted octanol–water partition coefficient (Wildman–Crippen LogP) is 2.70. The van der Waals surface area contributed by atoms with Crippen molar-refractivity contribution in [3.05, 3.63) is 35.8 Å². The smallest absolute Gasteiger partial charge is 0.315 e. The van der Waals surface area contributed by atoms with Crippen molar-refractivity contribution in [2.75, 3.05) is 13.2 Å². The van der Waals surface area contributed by atoms with E-state index >= 15 is 0 Å². The molecule has 0 spiro atoms.